The van der Waals surface area contributed by atoms with Crippen LogP contribution in [0.2, 0.25) is 0 Å². The van der Waals surface area contributed by atoms with Gasteiger partial charge in [0.25, 0.3) is 0 Å². The van der Waals surface area contributed by atoms with E-state index in [1.54, 1.807) is 0 Å². The molecule has 0 saturated carbocycles. The molecule has 0 radical (unpaired) electrons. The van der Waals surface area contributed by atoms with Crippen LogP contribution in [0.5, 0.6) is 0 Å². The SMILES string of the molecule is C(Cc1cccc2ccccc12)=NC(c1ccccc1)c1ccccc1. The summed E-state index contributed by atoms with van der Waals surface area (Å²) in [5, 5.41) is 2.58. The molecule has 0 amide bonds. The first kappa shape index (κ1) is 16.3. The van der Waals surface area contributed by atoms with Gasteiger partial charge in [0, 0.05) is 12.6 Å². The summed E-state index contributed by atoms with van der Waals surface area (Å²) in [6.07, 6.45) is 2.89. The van der Waals surface area contributed by atoms with E-state index in [0.717, 1.165) is 6.42 Å². The van der Waals surface area contributed by atoms with Gasteiger partial charge in [0.15, 0.2) is 0 Å². The average Bonchev–Trinajstić information content (AvgIpc) is 2.72. The molecule has 26 heavy (non-hydrogen) atoms. The van der Waals surface area contributed by atoms with Gasteiger partial charge in [-0.2, -0.15) is 0 Å². The molecule has 0 heterocycles. The van der Waals surface area contributed by atoms with Crippen molar-refractivity contribution in [2.45, 2.75) is 12.5 Å². The zero-order valence-corrected chi connectivity index (χ0v) is 14.6. The molecule has 4 aromatic carbocycles. The first-order chi connectivity index (χ1) is 12.9. The summed E-state index contributed by atoms with van der Waals surface area (Å²) in [7, 11) is 0. The van der Waals surface area contributed by atoms with Gasteiger partial charge in [-0.25, -0.2) is 0 Å². The fourth-order valence-electron chi connectivity index (χ4n) is 3.36. The Morgan fingerprint density at radius 2 is 1.19 bits per heavy atom. The molecule has 0 aromatic heterocycles. The van der Waals surface area contributed by atoms with Gasteiger partial charge in [-0.15, -0.1) is 0 Å². The number of hydrogen-bond donors (Lipinski definition) is 0. The van der Waals surface area contributed by atoms with Crippen LogP contribution in [0.4, 0.5) is 0 Å². The highest BCUT2D eigenvalue weighted by Crippen LogP contribution is 2.26. The number of aliphatic imine (C=N–C) groups is 1. The molecule has 0 spiro atoms. The van der Waals surface area contributed by atoms with Gasteiger partial charge in [0.1, 0.15) is 0 Å². The average molecular weight is 335 g/mol. The summed E-state index contributed by atoms with van der Waals surface area (Å²) >= 11 is 0. The summed E-state index contributed by atoms with van der Waals surface area (Å²) in [6, 6.07) is 36.0. The predicted octanol–water partition coefficient (Wildman–Crippen LogP) is 6.24. The first-order valence-corrected chi connectivity index (χ1v) is 9.00. The minimum atomic E-state index is 0.0346. The maximum absolute atomic E-state index is 4.94. The Morgan fingerprint density at radius 3 is 1.88 bits per heavy atom. The molecule has 0 aliphatic carbocycles. The summed E-state index contributed by atoms with van der Waals surface area (Å²) in [4.78, 5) is 4.94. The van der Waals surface area contributed by atoms with E-state index in [4.69, 9.17) is 4.99 Å². The second kappa shape index (κ2) is 7.79. The van der Waals surface area contributed by atoms with Crippen molar-refractivity contribution in [1.29, 1.82) is 0 Å². The number of nitrogens with zero attached hydrogens (tertiary/aromatic N) is 1. The summed E-state index contributed by atoms with van der Waals surface area (Å²) in [6.45, 7) is 0. The molecule has 0 bridgehead atoms. The number of benzene rings is 4. The molecule has 0 aliphatic heterocycles. The topological polar surface area (TPSA) is 12.4 Å². The largest absolute Gasteiger partial charge is 0.284 e. The summed E-state index contributed by atoms with van der Waals surface area (Å²) in [5.74, 6) is 0. The second-order valence-electron chi connectivity index (χ2n) is 6.40. The maximum atomic E-state index is 4.94. The van der Waals surface area contributed by atoms with Crippen molar-refractivity contribution < 1.29 is 0 Å². The summed E-state index contributed by atoms with van der Waals surface area (Å²) < 4.78 is 0. The third-order valence-corrected chi connectivity index (χ3v) is 4.68. The van der Waals surface area contributed by atoms with Crippen molar-refractivity contribution in [1.82, 2.24) is 0 Å². The first-order valence-electron chi connectivity index (χ1n) is 9.00. The molecule has 4 aromatic rings. The molecular formula is C25H21N. The Labute approximate surface area is 154 Å². The summed E-state index contributed by atoms with van der Waals surface area (Å²) in [5.41, 5.74) is 3.74. The lowest BCUT2D eigenvalue weighted by atomic mass is 9.99. The molecule has 0 aliphatic rings. The van der Waals surface area contributed by atoms with Crippen molar-refractivity contribution in [3.63, 3.8) is 0 Å². The van der Waals surface area contributed by atoms with Gasteiger partial charge < -0.3 is 0 Å². The van der Waals surface area contributed by atoms with Crippen LogP contribution in [-0.4, -0.2) is 6.21 Å². The molecule has 1 nitrogen and oxygen atoms in total. The van der Waals surface area contributed by atoms with E-state index in [0.29, 0.717) is 0 Å². The fraction of sp³-hybridized carbons (Fsp3) is 0.0800. The van der Waals surface area contributed by atoms with Gasteiger partial charge in [-0.3, -0.25) is 4.99 Å². The molecule has 1 heteroatoms. The van der Waals surface area contributed by atoms with E-state index >= 15 is 0 Å². The maximum Gasteiger partial charge on any atom is 0.0995 e. The molecule has 0 saturated heterocycles. The fourth-order valence-corrected chi connectivity index (χ4v) is 3.36. The van der Waals surface area contributed by atoms with Crippen LogP contribution in [0.15, 0.2) is 108 Å². The Kier molecular flexibility index (Phi) is 4.88. The predicted molar refractivity (Wildman–Crippen MR) is 111 cm³/mol. The third kappa shape index (κ3) is 3.57. The molecule has 0 atom stereocenters. The lowest BCUT2D eigenvalue weighted by molar-refractivity contribution is 0.874. The van der Waals surface area contributed by atoms with Crippen molar-refractivity contribution in [3.8, 4) is 0 Å². The molecule has 0 N–H and O–H groups in total. The smallest absolute Gasteiger partial charge is 0.0995 e. The zero-order valence-electron chi connectivity index (χ0n) is 14.6. The molecule has 4 rings (SSSR count). The molecular weight excluding hydrogens is 314 g/mol. The van der Waals surface area contributed by atoms with E-state index in [1.165, 1.54) is 27.5 Å². The highest BCUT2D eigenvalue weighted by Gasteiger charge is 2.11. The van der Waals surface area contributed by atoms with E-state index in [2.05, 4.69) is 97.2 Å². The van der Waals surface area contributed by atoms with Crippen LogP contribution < -0.4 is 0 Å². The third-order valence-electron chi connectivity index (χ3n) is 4.68. The zero-order chi connectivity index (χ0) is 17.6. The highest BCUT2D eigenvalue weighted by molar-refractivity contribution is 5.87. The molecule has 0 fully saturated rings. The lowest BCUT2D eigenvalue weighted by Gasteiger charge is -2.13. The number of fused-ring (bicyclic) bond motifs is 1. The van der Waals surface area contributed by atoms with Crippen molar-refractivity contribution in [2.24, 2.45) is 4.99 Å². The molecule has 126 valence electrons. The van der Waals surface area contributed by atoms with Gasteiger partial charge in [0.2, 0.25) is 0 Å². The van der Waals surface area contributed by atoms with Crippen LogP contribution in [0, 0.1) is 0 Å². The van der Waals surface area contributed by atoms with Gasteiger partial charge in [-0.1, -0.05) is 103 Å². The Morgan fingerprint density at radius 1 is 0.615 bits per heavy atom. The quantitative estimate of drug-likeness (QED) is 0.383. The van der Waals surface area contributed by atoms with Crippen molar-refractivity contribution in [2.75, 3.05) is 0 Å². The Hall–Kier alpha value is -3.19. The van der Waals surface area contributed by atoms with Crippen LogP contribution >= 0.6 is 0 Å². The van der Waals surface area contributed by atoms with Gasteiger partial charge >= 0.3 is 0 Å². The highest BCUT2D eigenvalue weighted by atomic mass is 14.8. The minimum absolute atomic E-state index is 0.0346. The molecule has 0 unspecified atom stereocenters. The van der Waals surface area contributed by atoms with Crippen molar-refractivity contribution in [3.05, 3.63) is 120 Å². The standard InChI is InChI=1S/C25H21N/c1-3-11-22(12-4-1)25(23-13-5-2-6-14-23)26-19-18-21-16-9-15-20-10-7-8-17-24(20)21/h1-17,19,25H,18H2. The lowest BCUT2D eigenvalue weighted by Crippen LogP contribution is -1.99. The number of rotatable bonds is 5. The number of hydrogen-bond acceptors (Lipinski definition) is 1. The van der Waals surface area contributed by atoms with Crippen LogP contribution in [-0.2, 0) is 6.42 Å². The van der Waals surface area contributed by atoms with E-state index in [-0.39, 0.29) is 6.04 Å². The van der Waals surface area contributed by atoms with Crippen LogP contribution in [0.1, 0.15) is 22.7 Å². The normalized spacial score (nSPS) is 11.4. The van der Waals surface area contributed by atoms with Gasteiger partial charge in [0.05, 0.1) is 6.04 Å². The Balaban J connectivity index is 1.63. The van der Waals surface area contributed by atoms with Gasteiger partial charge in [-0.05, 0) is 27.5 Å². The van der Waals surface area contributed by atoms with E-state index in [1.807, 2.05) is 12.1 Å². The van der Waals surface area contributed by atoms with Crippen molar-refractivity contribution >= 4 is 17.0 Å². The van der Waals surface area contributed by atoms with E-state index < -0.39 is 0 Å². The second-order valence-corrected chi connectivity index (χ2v) is 6.40. The Bertz CT molecular complexity index is 959. The van der Waals surface area contributed by atoms with Crippen LogP contribution in [0.3, 0.4) is 0 Å². The monoisotopic (exact) mass is 335 g/mol. The van der Waals surface area contributed by atoms with Crippen LogP contribution in [0.25, 0.3) is 10.8 Å². The minimum Gasteiger partial charge on any atom is -0.284 e. The van der Waals surface area contributed by atoms with E-state index in [9.17, 15) is 0 Å².